The summed E-state index contributed by atoms with van der Waals surface area (Å²) in [7, 11) is -3.44. The van der Waals surface area contributed by atoms with E-state index in [2.05, 4.69) is 35.3 Å². The van der Waals surface area contributed by atoms with Crippen molar-refractivity contribution in [2.75, 3.05) is 29.9 Å². The van der Waals surface area contributed by atoms with Crippen LogP contribution in [0.4, 0.5) is 11.4 Å². The molecule has 30 heavy (non-hydrogen) atoms. The van der Waals surface area contributed by atoms with Gasteiger partial charge < -0.3 is 10.2 Å². The first-order chi connectivity index (χ1) is 14.4. The van der Waals surface area contributed by atoms with Crippen LogP contribution in [-0.2, 0) is 21.2 Å². The standard InChI is InChI=1S/C23H29N3O3S/c1-17-7-12-22-19(16-17)6-5-15-26(22)18(2)23(27)24-20-8-10-21(11-9-20)30(28,29)25-13-3-4-14-25/h7-12,16,18H,3-6,13-15H2,1-2H3,(H,24,27). The van der Waals surface area contributed by atoms with Crippen molar-refractivity contribution >= 4 is 27.3 Å². The van der Waals surface area contributed by atoms with Crippen LogP contribution in [0.3, 0.4) is 0 Å². The van der Waals surface area contributed by atoms with E-state index in [1.54, 1.807) is 24.3 Å². The average molecular weight is 428 g/mol. The van der Waals surface area contributed by atoms with Crippen molar-refractivity contribution in [3.63, 3.8) is 0 Å². The van der Waals surface area contributed by atoms with Gasteiger partial charge in [-0.2, -0.15) is 4.31 Å². The van der Waals surface area contributed by atoms with Crippen LogP contribution in [0.25, 0.3) is 0 Å². The number of carbonyl (C=O) groups excluding carboxylic acids is 1. The Bertz CT molecular complexity index is 1030. The Kier molecular flexibility index (Phi) is 5.84. The minimum absolute atomic E-state index is 0.0985. The first-order valence-corrected chi connectivity index (χ1v) is 12.1. The van der Waals surface area contributed by atoms with E-state index < -0.39 is 10.0 Å². The second-order valence-electron chi connectivity index (χ2n) is 8.23. The Morgan fingerprint density at radius 3 is 2.40 bits per heavy atom. The molecule has 0 spiro atoms. The molecule has 1 fully saturated rings. The minimum Gasteiger partial charge on any atom is -0.360 e. The highest BCUT2D eigenvalue weighted by Crippen LogP contribution is 2.30. The summed E-state index contributed by atoms with van der Waals surface area (Å²) in [6.07, 6.45) is 3.88. The number of carbonyl (C=O) groups is 1. The number of rotatable bonds is 5. The molecule has 1 atom stereocenters. The van der Waals surface area contributed by atoms with Crippen LogP contribution in [0.1, 0.15) is 37.3 Å². The number of nitrogens with one attached hydrogen (secondary N) is 1. The van der Waals surface area contributed by atoms with Crippen molar-refractivity contribution in [2.45, 2.75) is 50.5 Å². The molecule has 0 aromatic heterocycles. The van der Waals surface area contributed by atoms with E-state index in [1.165, 1.54) is 15.4 Å². The lowest BCUT2D eigenvalue weighted by Crippen LogP contribution is -2.44. The number of anilines is 2. The SMILES string of the molecule is Cc1ccc2c(c1)CCCN2C(C)C(=O)Nc1ccc(S(=O)(=O)N2CCCC2)cc1. The minimum atomic E-state index is -3.44. The van der Waals surface area contributed by atoms with Crippen LogP contribution in [0.5, 0.6) is 0 Å². The highest BCUT2D eigenvalue weighted by molar-refractivity contribution is 7.89. The van der Waals surface area contributed by atoms with Gasteiger partial charge in [0.2, 0.25) is 15.9 Å². The highest BCUT2D eigenvalue weighted by Gasteiger charge is 2.28. The van der Waals surface area contributed by atoms with Gasteiger partial charge in [0.05, 0.1) is 4.90 Å². The second kappa shape index (κ2) is 8.40. The lowest BCUT2D eigenvalue weighted by molar-refractivity contribution is -0.117. The molecule has 6 nitrogen and oxygen atoms in total. The maximum Gasteiger partial charge on any atom is 0.246 e. The molecule has 2 heterocycles. The van der Waals surface area contributed by atoms with Gasteiger partial charge in [-0.3, -0.25) is 4.79 Å². The summed E-state index contributed by atoms with van der Waals surface area (Å²) >= 11 is 0. The molecule has 1 unspecified atom stereocenters. The third-order valence-electron chi connectivity index (χ3n) is 6.06. The molecule has 1 saturated heterocycles. The van der Waals surface area contributed by atoms with Crippen LogP contribution in [0.15, 0.2) is 47.4 Å². The van der Waals surface area contributed by atoms with Crippen LogP contribution >= 0.6 is 0 Å². The molecule has 7 heteroatoms. The molecule has 2 aromatic carbocycles. The fourth-order valence-corrected chi connectivity index (χ4v) is 5.85. The van der Waals surface area contributed by atoms with Crippen molar-refractivity contribution in [2.24, 2.45) is 0 Å². The van der Waals surface area contributed by atoms with Crippen molar-refractivity contribution in [1.29, 1.82) is 0 Å². The molecule has 0 bridgehead atoms. The Morgan fingerprint density at radius 2 is 1.70 bits per heavy atom. The number of hydrogen-bond donors (Lipinski definition) is 1. The van der Waals surface area contributed by atoms with E-state index >= 15 is 0 Å². The lowest BCUT2D eigenvalue weighted by atomic mass is 9.98. The Balaban J connectivity index is 1.45. The Labute approximate surface area is 178 Å². The van der Waals surface area contributed by atoms with Crippen LogP contribution < -0.4 is 10.2 Å². The third-order valence-corrected chi connectivity index (χ3v) is 7.97. The number of fused-ring (bicyclic) bond motifs is 1. The molecular formula is C23H29N3O3S. The number of nitrogens with zero attached hydrogens (tertiary/aromatic N) is 2. The van der Waals surface area contributed by atoms with Crippen molar-refractivity contribution in [3.8, 4) is 0 Å². The summed E-state index contributed by atoms with van der Waals surface area (Å²) in [5.74, 6) is -0.0985. The number of aryl methyl sites for hydroxylation is 2. The highest BCUT2D eigenvalue weighted by atomic mass is 32.2. The predicted octanol–water partition coefficient (Wildman–Crippen LogP) is 3.56. The lowest BCUT2D eigenvalue weighted by Gasteiger charge is -2.35. The largest absolute Gasteiger partial charge is 0.360 e. The summed E-state index contributed by atoms with van der Waals surface area (Å²) in [4.78, 5) is 15.3. The van der Waals surface area contributed by atoms with E-state index in [4.69, 9.17) is 0 Å². The summed E-state index contributed by atoms with van der Waals surface area (Å²) < 4.78 is 26.8. The van der Waals surface area contributed by atoms with E-state index in [1.807, 2.05) is 6.92 Å². The van der Waals surface area contributed by atoms with E-state index in [-0.39, 0.29) is 16.8 Å². The molecule has 0 radical (unpaired) electrons. The van der Waals surface area contributed by atoms with Crippen LogP contribution in [0.2, 0.25) is 0 Å². The summed E-state index contributed by atoms with van der Waals surface area (Å²) in [5.41, 5.74) is 4.25. The number of sulfonamides is 1. The van der Waals surface area contributed by atoms with Crippen LogP contribution in [0, 0.1) is 6.92 Å². The van der Waals surface area contributed by atoms with Gasteiger partial charge in [0.15, 0.2) is 0 Å². The van der Waals surface area contributed by atoms with Gasteiger partial charge in [0.25, 0.3) is 0 Å². The molecule has 2 aliphatic rings. The third kappa shape index (κ3) is 4.09. The first kappa shape index (κ1) is 20.9. The van der Waals surface area contributed by atoms with Gasteiger partial charge in [-0.1, -0.05) is 17.7 Å². The van der Waals surface area contributed by atoms with Crippen molar-refractivity contribution in [3.05, 3.63) is 53.6 Å². The summed E-state index contributed by atoms with van der Waals surface area (Å²) in [6.45, 7) is 6.00. The maximum atomic E-state index is 12.9. The molecule has 0 saturated carbocycles. The van der Waals surface area contributed by atoms with Gasteiger partial charge in [-0.25, -0.2) is 8.42 Å². The Morgan fingerprint density at radius 1 is 1.00 bits per heavy atom. The smallest absolute Gasteiger partial charge is 0.246 e. The number of hydrogen-bond acceptors (Lipinski definition) is 4. The maximum absolute atomic E-state index is 12.9. The Hall–Kier alpha value is -2.38. The molecule has 160 valence electrons. The van der Waals surface area contributed by atoms with E-state index in [0.29, 0.717) is 18.8 Å². The second-order valence-corrected chi connectivity index (χ2v) is 10.2. The fourth-order valence-electron chi connectivity index (χ4n) is 4.33. The van der Waals surface area contributed by atoms with Gasteiger partial charge in [-0.05, 0) is 75.4 Å². The van der Waals surface area contributed by atoms with E-state index in [9.17, 15) is 13.2 Å². The monoisotopic (exact) mass is 427 g/mol. The van der Waals surface area contributed by atoms with Gasteiger partial charge >= 0.3 is 0 Å². The molecule has 2 aromatic rings. The molecule has 0 aliphatic carbocycles. The summed E-state index contributed by atoms with van der Waals surface area (Å²) in [6, 6.07) is 12.6. The first-order valence-electron chi connectivity index (χ1n) is 10.6. The number of amides is 1. The predicted molar refractivity (Wildman–Crippen MR) is 119 cm³/mol. The normalized spacial score (nSPS) is 18.1. The quantitative estimate of drug-likeness (QED) is 0.792. The molecular weight excluding hydrogens is 398 g/mol. The molecule has 1 amide bonds. The van der Waals surface area contributed by atoms with E-state index in [0.717, 1.165) is 37.9 Å². The van der Waals surface area contributed by atoms with Crippen molar-refractivity contribution in [1.82, 2.24) is 4.31 Å². The fraction of sp³-hybridized carbons (Fsp3) is 0.435. The topological polar surface area (TPSA) is 69.7 Å². The van der Waals surface area contributed by atoms with Gasteiger partial charge in [0.1, 0.15) is 6.04 Å². The van der Waals surface area contributed by atoms with Gasteiger partial charge in [0, 0.05) is 31.0 Å². The number of benzene rings is 2. The molecule has 2 aliphatic heterocycles. The zero-order chi connectivity index (χ0) is 21.3. The molecule has 4 rings (SSSR count). The average Bonchev–Trinajstić information content (AvgIpc) is 3.29. The van der Waals surface area contributed by atoms with Crippen LogP contribution in [-0.4, -0.2) is 44.3 Å². The van der Waals surface area contributed by atoms with Gasteiger partial charge in [-0.15, -0.1) is 0 Å². The summed E-state index contributed by atoms with van der Waals surface area (Å²) in [5, 5.41) is 2.94. The zero-order valence-corrected chi connectivity index (χ0v) is 18.4. The zero-order valence-electron chi connectivity index (χ0n) is 17.6. The molecule has 1 N–H and O–H groups in total. The van der Waals surface area contributed by atoms with Crippen molar-refractivity contribution < 1.29 is 13.2 Å².